The molecule has 0 saturated heterocycles. The summed E-state index contributed by atoms with van der Waals surface area (Å²) in [5.74, 6) is 0. The van der Waals surface area contributed by atoms with Gasteiger partial charge in [0.15, 0.2) is 0 Å². The molecule has 0 spiro atoms. The first-order chi connectivity index (χ1) is 10.3. The monoisotopic (exact) mass is 281 g/mol. The van der Waals surface area contributed by atoms with Crippen molar-refractivity contribution >= 4 is 10.9 Å². The van der Waals surface area contributed by atoms with Gasteiger partial charge in [-0.25, -0.2) is 0 Å². The molecule has 21 heavy (non-hydrogen) atoms. The molecule has 0 aliphatic rings. The fourth-order valence-electron chi connectivity index (χ4n) is 2.76. The van der Waals surface area contributed by atoms with E-state index in [2.05, 4.69) is 53.1 Å². The molecule has 3 rings (SSSR count). The van der Waals surface area contributed by atoms with Crippen LogP contribution in [0.4, 0.5) is 0 Å². The SMILES string of the molecule is COCc1ccccc1-n1c(COC)cc2ccccc21. The van der Waals surface area contributed by atoms with Gasteiger partial charge in [0.25, 0.3) is 0 Å². The highest BCUT2D eigenvalue weighted by molar-refractivity contribution is 5.83. The van der Waals surface area contributed by atoms with Gasteiger partial charge in [0.1, 0.15) is 0 Å². The molecule has 0 amide bonds. The lowest BCUT2D eigenvalue weighted by Gasteiger charge is -2.14. The molecule has 0 saturated carbocycles. The van der Waals surface area contributed by atoms with Crippen molar-refractivity contribution in [3.63, 3.8) is 0 Å². The molecule has 108 valence electrons. The number of benzene rings is 2. The molecule has 0 aliphatic carbocycles. The molecule has 3 heteroatoms. The fraction of sp³-hybridized carbons (Fsp3) is 0.222. The summed E-state index contributed by atoms with van der Waals surface area (Å²) in [4.78, 5) is 0. The smallest absolute Gasteiger partial charge is 0.0868 e. The third kappa shape index (κ3) is 2.58. The lowest BCUT2D eigenvalue weighted by molar-refractivity contribution is 0.179. The topological polar surface area (TPSA) is 23.4 Å². The largest absolute Gasteiger partial charge is 0.380 e. The molecule has 0 unspecified atom stereocenters. The van der Waals surface area contributed by atoms with Crippen molar-refractivity contribution in [2.75, 3.05) is 14.2 Å². The number of hydrogen-bond acceptors (Lipinski definition) is 2. The molecule has 0 radical (unpaired) electrons. The van der Waals surface area contributed by atoms with Crippen molar-refractivity contribution in [1.29, 1.82) is 0 Å². The van der Waals surface area contributed by atoms with Crippen molar-refractivity contribution in [3.8, 4) is 5.69 Å². The van der Waals surface area contributed by atoms with Crippen LogP contribution >= 0.6 is 0 Å². The first-order valence-corrected chi connectivity index (χ1v) is 7.00. The van der Waals surface area contributed by atoms with E-state index in [1.165, 1.54) is 16.5 Å². The second kappa shape index (κ2) is 6.12. The van der Waals surface area contributed by atoms with Gasteiger partial charge in [-0.3, -0.25) is 0 Å². The zero-order chi connectivity index (χ0) is 14.7. The quantitative estimate of drug-likeness (QED) is 0.707. The molecule has 0 fully saturated rings. The highest BCUT2D eigenvalue weighted by Gasteiger charge is 2.12. The summed E-state index contributed by atoms with van der Waals surface area (Å²) in [5, 5.41) is 1.22. The average molecular weight is 281 g/mol. The van der Waals surface area contributed by atoms with E-state index in [0.29, 0.717) is 13.2 Å². The van der Waals surface area contributed by atoms with Crippen LogP contribution in [-0.2, 0) is 22.7 Å². The maximum atomic E-state index is 5.37. The Morgan fingerprint density at radius 3 is 2.38 bits per heavy atom. The normalized spacial score (nSPS) is 11.1. The average Bonchev–Trinajstić information content (AvgIpc) is 2.86. The van der Waals surface area contributed by atoms with Crippen LogP contribution in [0, 0.1) is 0 Å². The Kier molecular flexibility index (Phi) is 4.04. The molecule has 3 nitrogen and oxygen atoms in total. The Balaban J connectivity index is 2.25. The number of para-hydroxylation sites is 2. The maximum absolute atomic E-state index is 5.37. The zero-order valence-corrected chi connectivity index (χ0v) is 12.4. The fourth-order valence-corrected chi connectivity index (χ4v) is 2.76. The van der Waals surface area contributed by atoms with Gasteiger partial charge in [0, 0.05) is 30.9 Å². The predicted octanol–water partition coefficient (Wildman–Crippen LogP) is 3.92. The van der Waals surface area contributed by atoms with Crippen LogP contribution in [0.1, 0.15) is 11.3 Å². The third-order valence-electron chi connectivity index (χ3n) is 3.61. The van der Waals surface area contributed by atoms with E-state index in [9.17, 15) is 0 Å². The highest BCUT2D eigenvalue weighted by Crippen LogP contribution is 2.27. The molecule has 0 bridgehead atoms. The minimum absolute atomic E-state index is 0.579. The van der Waals surface area contributed by atoms with Crippen molar-refractivity contribution < 1.29 is 9.47 Å². The van der Waals surface area contributed by atoms with Crippen molar-refractivity contribution in [1.82, 2.24) is 4.57 Å². The van der Waals surface area contributed by atoms with Crippen LogP contribution in [0.3, 0.4) is 0 Å². The van der Waals surface area contributed by atoms with Gasteiger partial charge in [-0.1, -0.05) is 36.4 Å². The molecular weight excluding hydrogens is 262 g/mol. The standard InChI is InChI=1S/C18H19NO2/c1-20-12-15-8-4-6-10-18(15)19-16(13-21-2)11-14-7-3-5-9-17(14)19/h3-11H,12-13H2,1-2H3. The van der Waals surface area contributed by atoms with Gasteiger partial charge in [0.05, 0.1) is 24.4 Å². The summed E-state index contributed by atoms with van der Waals surface area (Å²) in [5.41, 5.74) is 4.64. The summed E-state index contributed by atoms with van der Waals surface area (Å²) in [6, 6.07) is 18.9. The molecule has 0 atom stereocenters. The molecular formula is C18H19NO2. The lowest BCUT2D eigenvalue weighted by atomic mass is 10.1. The Labute approximate surface area is 124 Å². The molecule has 1 heterocycles. The van der Waals surface area contributed by atoms with Crippen molar-refractivity contribution in [3.05, 3.63) is 65.9 Å². The summed E-state index contributed by atoms with van der Waals surface area (Å²) >= 11 is 0. The van der Waals surface area contributed by atoms with Crippen LogP contribution in [0.25, 0.3) is 16.6 Å². The summed E-state index contributed by atoms with van der Waals surface area (Å²) in [6.45, 7) is 1.17. The number of rotatable bonds is 5. The maximum Gasteiger partial charge on any atom is 0.0868 e. The Morgan fingerprint density at radius 1 is 0.857 bits per heavy atom. The first-order valence-electron chi connectivity index (χ1n) is 7.00. The van der Waals surface area contributed by atoms with Gasteiger partial charge in [-0.2, -0.15) is 0 Å². The second-order valence-corrected chi connectivity index (χ2v) is 5.02. The molecule has 0 aliphatic heterocycles. The van der Waals surface area contributed by atoms with Crippen LogP contribution in [0.5, 0.6) is 0 Å². The molecule has 2 aromatic carbocycles. The molecule has 0 N–H and O–H groups in total. The van der Waals surface area contributed by atoms with E-state index in [1.54, 1.807) is 14.2 Å². The number of hydrogen-bond donors (Lipinski definition) is 0. The summed E-state index contributed by atoms with van der Waals surface area (Å²) in [6.07, 6.45) is 0. The minimum atomic E-state index is 0.579. The lowest BCUT2D eigenvalue weighted by Crippen LogP contribution is -2.05. The van der Waals surface area contributed by atoms with Crippen molar-refractivity contribution in [2.24, 2.45) is 0 Å². The number of aromatic nitrogens is 1. The zero-order valence-electron chi connectivity index (χ0n) is 12.4. The van der Waals surface area contributed by atoms with E-state index in [1.807, 2.05) is 6.07 Å². The van der Waals surface area contributed by atoms with Crippen molar-refractivity contribution in [2.45, 2.75) is 13.2 Å². The van der Waals surface area contributed by atoms with Crippen LogP contribution in [0.15, 0.2) is 54.6 Å². The Morgan fingerprint density at radius 2 is 1.57 bits per heavy atom. The van der Waals surface area contributed by atoms with E-state index in [4.69, 9.17) is 9.47 Å². The number of ether oxygens (including phenoxy) is 2. The second-order valence-electron chi connectivity index (χ2n) is 5.02. The Hall–Kier alpha value is -2.10. The van der Waals surface area contributed by atoms with Gasteiger partial charge < -0.3 is 14.0 Å². The Bertz CT molecular complexity index is 746. The van der Waals surface area contributed by atoms with Gasteiger partial charge in [0.2, 0.25) is 0 Å². The first kappa shape index (κ1) is 13.9. The van der Waals surface area contributed by atoms with E-state index < -0.39 is 0 Å². The molecule has 1 aromatic heterocycles. The number of fused-ring (bicyclic) bond motifs is 1. The van der Waals surface area contributed by atoms with Gasteiger partial charge in [-0.15, -0.1) is 0 Å². The highest BCUT2D eigenvalue weighted by atomic mass is 16.5. The number of methoxy groups -OCH3 is 2. The van der Waals surface area contributed by atoms with Crippen LogP contribution < -0.4 is 0 Å². The summed E-state index contributed by atoms with van der Waals surface area (Å²) < 4.78 is 13.0. The predicted molar refractivity (Wildman–Crippen MR) is 84.7 cm³/mol. The van der Waals surface area contributed by atoms with E-state index in [-0.39, 0.29) is 0 Å². The molecule has 3 aromatic rings. The van der Waals surface area contributed by atoms with Gasteiger partial charge in [-0.05, 0) is 18.2 Å². The van der Waals surface area contributed by atoms with E-state index >= 15 is 0 Å². The van der Waals surface area contributed by atoms with Crippen LogP contribution in [0.2, 0.25) is 0 Å². The van der Waals surface area contributed by atoms with Crippen LogP contribution in [-0.4, -0.2) is 18.8 Å². The van der Waals surface area contributed by atoms with E-state index in [0.717, 1.165) is 11.4 Å². The summed E-state index contributed by atoms with van der Waals surface area (Å²) in [7, 11) is 3.45. The minimum Gasteiger partial charge on any atom is -0.380 e. The number of nitrogens with zero attached hydrogens (tertiary/aromatic N) is 1. The van der Waals surface area contributed by atoms with Gasteiger partial charge >= 0.3 is 0 Å². The third-order valence-corrected chi connectivity index (χ3v) is 3.61.